The predicted molar refractivity (Wildman–Crippen MR) is 70.5 cm³/mol. The SMILES string of the molecule is CNCCN(C)C(=O)c1ccc(NC(N)=O)cc1. The summed E-state index contributed by atoms with van der Waals surface area (Å²) in [4.78, 5) is 24.2. The Morgan fingerprint density at radius 1 is 1.28 bits per heavy atom. The largest absolute Gasteiger partial charge is 0.351 e. The average molecular weight is 250 g/mol. The van der Waals surface area contributed by atoms with E-state index >= 15 is 0 Å². The lowest BCUT2D eigenvalue weighted by atomic mass is 10.2. The third-order valence-electron chi connectivity index (χ3n) is 2.44. The van der Waals surface area contributed by atoms with Crippen molar-refractivity contribution < 1.29 is 9.59 Å². The van der Waals surface area contributed by atoms with Crippen LogP contribution in [0.2, 0.25) is 0 Å². The van der Waals surface area contributed by atoms with Gasteiger partial charge in [-0.15, -0.1) is 0 Å². The molecule has 0 saturated heterocycles. The summed E-state index contributed by atoms with van der Waals surface area (Å²) in [7, 11) is 3.58. The maximum absolute atomic E-state index is 12.0. The van der Waals surface area contributed by atoms with Crippen LogP contribution < -0.4 is 16.4 Å². The first-order chi connectivity index (χ1) is 8.54. The number of anilines is 1. The molecule has 0 aliphatic heterocycles. The Labute approximate surface area is 106 Å². The van der Waals surface area contributed by atoms with Gasteiger partial charge in [-0.3, -0.25) is 4.79 Å². The molecule has 0 aromatic heterocycles. The van der Waals surface area contributed by atoms with Crippen molar-refractivity contribution in [3.05, 3.63) is 29.8 Å². The Kier molecular flexibility index (Phi) is 5.13. The lowest BCUT2D eigenvalue weighted by Gasteiger charge is -2.17. The van der Waals surface area contributed by atoms with Crippen LogP contribution in [0.15, 0.2) is 24.3 Å². The van der Waals surface area contributed by atoms with E-state index < -0.39 is 6.03 Å². The smallest absolute Gasteiger partial charge is 0.316 e. The highest BCUT2D eigenvalue weighted by atomic mass is 16.2. The van der Waals surface area contributed by atoms with Crippen molar-refractivity contribution in [2.45, 2.75) is 0 Å². The highest BCUT2D eigenvalue weighted by molar-refractivity contribution is 5.95. The Morgan fingerprint density at radius 2 is 1.89 bits per heavy atom. The van der Waals surface area contributed by atoms with Gasteiger partial charge in [-0.2, -0.15) is 0 Å². The molecule has 98 valence electrons. The molecule has 4 N–H and O–H groups in total. The van der Waals surface area contributed by atoms with Gasteiger partial charge in [0.1, 0.15) is 0 Å². The van der Waals surface area contributed by atoms with E-state index in [2.05, 4.69) is 10.6 Å². The number of benzene rings is 1. The Bertz CT molecular complexity index is 417. The van der Waals surface area contributed by atoms with Gasteiger partial charge in [-0.25, -0.2) is 4.79 Å². The number of nitrogens with zero attached hydrogens (tertiary/aromatic N) is 1. The lowest BCUT2D eigenvalue weighted by molar-refractivity contribution is 0.0797. The molecule has 0 aliphatic rings. The fourth-order valence-electron chi connectivity index (χ4n) is 1.44. The number of amides is 3. The topological polar surface area (TPSA) is 87.5 Å². The molecule has 0 unspecified atom stereocenters. The number of rotatable bonds is 5. The van der Waals surface area contributed by atoms with Gasteiger partial charge in [0.15, 0.2) is 0 Å². The van der Waals surface area contributed by atoms with E-state index in [4.69, 9.17) is 5.73 Å². The summed E-state index contributed by atoms with van der Waals surface area (Å²) in [5, 5.41) is 5.42. The molecule has 0 radical (unpaired) electrons. The molecular weight excluding hydrogens is 232 g/mol. The van der Waals surface area contributed by atoms with Crippen LogP contribution in [0.4, 0.5) is 10.5 Å². The predicted octanol–water partition coefficient (Wildman–Crippen LogP) is 0.469. The van der Waals surface area contributed by atoms with Crippen molar-refractivity contribution in [3.8, 4) is 0 Å². The number of nitrogens with one attached hydrogen (secondary N) is 2. The molecule has 18 heavy (non-hydrogen) atoms. The van der Waals surface area contributed by atoms with Crippen molar-refractivity contribution >= 4 is 17.6 Å². The van der Waals surface area contributed by atoms with E-state index in [9.17, 15) is 9.59 Å². The molecule has 1 aromatic rings. The molecule has 0 bridgehead atoms. The molecule has 0 spiro atoms. The van der Waals surface area contributed by atoms with Gasteiger partial charge in [0.2, 0.25) is 0 Å². The molecule has 6 nitrogen and oxygen atoms in total. The van der Waals surface area contributed by atoms with Crippen molar-refractivity contribution in [1.82, 2.24) is 10.2 Å². The van der Waals surface area contributed by atoms with Gasteiger partial charge in [-0.05, 0) is 31.3 Å². The van der Waals surface area contributed by atoms with Gasteiger partial charge in [0.05, 0.1) is 0 Å². The zero-order valence-electron chi connectivity index (χ0n) is 10.6. The third kappa shape index (κ3) is 4.06. The van der Waals surface area contributed by atoms with Crippen LogP contribution in [0, 0.1) is 0 Å². The normalized spacial score (nSPS) is 9.89. The first-order valence-electron chi connectivity index (χ1n) is 5.61. The number of urea groups is 1. The van der Waals surface area contributed by atoms with Crippen LogP contribution >= 0.6 is 0 Å². The summed E-state index contributed by atoms with van der Waals surface area (Å²) >= 11 is 0. The number of nitrogens with two attached hydrogens (primary N) is 1. The molecule has 0 fully saturated rings. The highest BCUT2D eigenvalue weighted by Gasteiger charge is 2.10. The minimum atomic E-state index is -0.625. The maximum atomic E-state index is 12.0. The van der Waals surface area contributed by atoms with Crippen LogP contribution in [0.3, 0.4) is 0 Å². The number of carbonyl (C=O) groups excluding carboxylic acids is 2. The molecule has 0 atom stereocenters. The molecule has 0 heterocycles. The molecule has 1 rings (SSSR count). The van der Waals surface area contributed by atoms with Crippen molar-refractivity contribution in [2.24, 2.45) is 5.73 Å². The highest BCUT2D eigenvalue weighted by Crippen LogP contribution is 2.10. The summed E-state index contributed by atoms with van der Waals surface area (Å²) in [6.45, 7) is 1.38. The van der Waals surface area contributed by atoms with E-state index in [0.29, 0.717) is 17.8 Å². The molecule has 1 aromatic carbocycles. The molecule has 0 aliphatic carbocycles. The number of hydrogen-bond acceptors (Lipinski definition) is 3. The molecule has 3 amide bonds. The summed E-state index contributed by atoms with van der Waals surface area (Å²) in [6.07, 6.45) is 0. The second-order valence-corrected chi connectivity index (χ2v) is 3.90. The fraction of sp³-hybridized carbons (Fsp3) is 0.333. The fourth-order valence-corrected chi connectivity index (χ4v) is 1.44. The van der Waals surface area contributed by atoms with Gasteiger partial charge < -0.3 is 21.3 Å². The average Bonchev–Trinajstić information content (AvgIpc) is 2.35. The van der Waals surface area contributed by atoms with E-state index in [1.54, 1.807) is 36.2 Å². The van der Waals surface area contributed by atoms with Crippen molar-refractivity contribution in [3.63, 3.8) is 0 Å². The van der Waals surface area contributed by atoms with Crippen LogP contribution in [0.25, 0.3) is 0 Å². The summed E-state index contributed by atoms with van der Waals surface area (Å²) in [5.41, 5.74) is 6.13. The van der Waals surface area contributed by atoms with Crippen molar-refractivity contribution in [2.75, 3.05) is 32.5 Å². The summed E-state index contributed by atoms with van der Waals surface area (Å²) in [6, 6.07) is 5.97. The van der Waals surface area contributed by atoms with Crippen LogP contribution in [-0.2, 0) is 0 Å². The Balaban J connectivity index is 2.66. The van der Waals surface area contributed by atoms with Gasteiger partial charge in [-0.1, -0.05) is 0 Å². The van der Waals surface area contributed by atoms with Gasteiger partial charge in [0, 0.05) is 31.4 Å². The number of carbonyl (C=O) groups is 2. The van der Waals surface area contributed by atoms with E-state index in [1.807, 2.05) is 7.05 Å². The minimum Gasteiger partial charge on any atom is -0.351 e. The summed E-state index contributed by atoms with van der Waals surface area (Å²) in [5.74, 6) is -0.0594. The first-order valence-corrected chi connectivity index (χ1v) is 5.61. The van der Waals surface area contributed by atoms with Crippen LogP contribution in [-0.4, -0.2) is 44.0 Å². The number of primary amides is 1. The zero-order chi connectivity index (χ0) is 13.5. The quantitative estimate of drug-likeness (QED) is 0.709. The molecule has 0 saturated carbocycles. The second-order valence-electron chi connectivity index (χ2n) is 3.90. The monoisotopic (exact) mass is 250 g/mol. The third-order valence-corrected chi connectivity index (χ3v) is 2.44. The number of likely N-dealkylation sites (N-methyl/N-ethyl adjacent to an activating group) is 2. The van der Waals surface area contributed by atoms with Crippen LogP contribution in [0.1, 0.15) is 10.4 Å². The van der Waals surface area contributed by atoms with Gasteiger partial charge >= 0.3 is 6.03 Å². The molecule has 6 heteroatoms. The molecular formula is C12H18N4O2. The summed E-state index contributed by atoms with van der Waals surface area (Å²) < 4.78 is 0. The maximum Gasteiger partial charge on any atom is 0.316 e. The minimum absolute atomic E-state index is 0.0594. The number of hydrogen-bond donors (Lipinski definition) is 3. The Hall–Kier alpha value is -2.08. The van der Waals surface area contributed by atoms with E-state index in [1.165, 1.54) is 0 Å². The van der Waals surface area contributed by atoms with Crippen LogP contribution in [0.5, 0.6) is 0 Å². The van der Waals surface area contributed by atoms with Crippen molar-refractivity contribution in [1.29, 1.82) is 0 Å². The van der Waals surface area contributed by atoms with E-state index in [-0.39, 0.29) is 5.91 Å². The standard InChI is InChI=1S/C12H18N4O2/c1-14-7-8-16(2)11(17)9-3-5-10(6-4-9)15-12(13)18/h3-6,14H,7-8H2,1-2H3,(H3,13,15,18). The zero-order valence-corrected chi connectivity index (χ0v) is 10.6. The Morgan fingerprint density at radius 3 is 2.39 bits per heavy atom. The lowest BCUT2D eigenvalue weighted by Crippen LogP contribution is -2.32. The van der Waals surface area contributed by atoms with E-state index in [0.717, 1.165) is 6.54 Å². The first kappa shape index (κ1) is 14.0. The second kappa shape index (κ2) is 6.61. The van der Waals surface area contributed by atoms with Gasteiger partial charge in [0.25, 0.3) is 5.91 Å².